The summed E-state index contributed by atoms with van der Waals surface area (Å²) in [7, 11) is 0. The number of carbonyl (C=O) groups excluding carboxylic acids is 1. The van der Waals surface area contributed by atoms with Crippen molar-refractivity contribution in [2.24, 2.45) is 17.6 Å². The van der Waals surface area contributed by atoms with Gasteiger partial charge in [0.1, 0.15) is 5.82 Å². The van der Waals surface area contributed by atoms with E-state index < -0.39 is 0 Å². The highest BCUT2D eigenvalue weighted by Crippen LogP contribution is 2.33. The normalized spacial score (nSPS) is 22.3. The first-order chi connectivity index (χ1) is 13.2. The zero-order valence-electron chi connectivity index (χ0n) is 16.1. The summed E-state index contributed by atoms with van der Waals surface area (Å²) in [5.41, 5.74) is 8.79. The molecular weight excluding hydrogens is 338 g/mol. The Bertz CT molecular complexity index is 828. The summed E-state index contributed by atoms with van der Waals surface area (Å²) >= 11 is 0. The SMILES string of the molecule is Cc1ccc(-c2nnc3n2CCCCC3)cc1NC(=O)[C@@H]1CCC[C@@H]1CN. The number of fused-ring (bicyclic) bond motifs is 1. The number of rotatable bonds is 4. The van der Waals surface area contributed by atoms with Crippen molar-refractivity contribution in [2.45, 2.75) is 58.4 Å². The molecular formula is C21H29N5O. The highest BCUT2D eigenvalue weighted by Gasteiger charge is 2.32. The number of nitrogens with two attached hydrogens (primary N) is 1. The van der Waals surface area contributed by atoms with E-state index in [2.05, 4.69) is 32.2 Å². The minimum atomic E-state index is 0.0300. The summed E-state index contributed by atoms with van der Waals surface area (Å²) in [6.07, 6.45) is 7.65. The van der Waals surface area contributed by atoms with Crippen LogP contribution < -0.4 is 11.1 Å². The smallest absolute Gasteiger partial charge is 0.227 e. The summed E-state index contributed by atoms with van der Waals surface area (Å²) in [5.74, 6) is 2.42. The lowest BCUT2D eigenvalue weighted by molar-refractivity contribution is -0.120. The number of aromatic nitrogens is 3. The fourth-order valence-corrected chi connectivity index (χ4v) is 4.48. The Morgan fingerprint density at radius 1 is 1.22 bits per heavy atom. The molecule has 2 heterocycles. The van der Waals surface area contributed by atoms with Crippen LogP contribution in [0.1, 0.15) is 49.9 Å². The first-order valence-electron chi connectivity index (χ1n) is 10.2. The lowest BCUT2D eigenvalue weighted by Gasteiger charge is -2.18. The van der Waals surface area contributed by atoms with Crippen LogP contribution in [0.4, 0.5) is 5.69 Å². The fourth-order valence-electron chi connectivity index (χ4n) is 4.48. The van der Waals surface area contributed by atoms with Gasteiger partial charge in [-0.25, -0.2) is 0 Å². The Kier molecular flexibility index (Phi) is 5.25. The first-order valence-corrected chi connectivity index (χ1v) is 10.2. The summed E-state index contributed by atoms with van der Waals surface area (Å²) in [4.78, 5) is 12.8. The standard InChI is InChI=1S/C21H29N5O/c1-14-9-10-15(20-25-24-19-8-3-2-4-11-26(19)20)12-18(14)23-21(27)17-7-5-6-16(17)13-22/h9-10,12,16-17H,2-8,11,13,22H2,1H3,(H,23,27)/t16-,17-/m1/s1. The van der Waals surface area contributed by atoms with E-state index in [1.165, 1.54) is 12.8 Å². The van der Waals surface area contributed by atoms with Crippen LogP contribution in [0.3, 0.4) is 0 Å². The molecule has 2 atom stereocenters. The third kappa shape index (κ3) is 3.63. The lowest BCUT2D eigenvalue weighted by atomic mass is 9.95. The maximum atomic E-state index is 12.8. The lowest BCUT2D eigenvalue weighted by Crippen LogP contribution is -2.30. The van der Waals surface area contributed by atoms with Crippen LogP contribution in [0.15, 0.2) is 18.2 Å². The molecule has 27 heavy (non-hydrogen) atoms. The van der Waals surface area contributed by atoms with Gasteiger partial charge in [-0.3, -0.25) is 4.79 Å². The second-order valence-corrected chi connectivity index (χ2v) is 7.95. The van der Waals surface area contributed by atoms with Gasteiger partial charge in [0.2, 0.25) is 5.91 Å². The Morgan fingerprint density at radius 3 is 2.96 bits per heavy atom. The molecule has 3 N–H and O–H groups in total. The number of nitrogens with one attached hydrogen (secondary N) is 1. The Labute approximate surface area is 160 Å². The van der Waals surface area contributed by atoms with E-state index in [0.717, 1.165) is 67.1 Å². The summed E-state index contributed by atoms with van der Waals surface area (Å²) in [6, 6.07) is 6.17. The fraction of sp³-hybridized carbons (Fsp3) is 0.571. The monoisotopic (exact) mass is 367 g/mol. The predicted octanol–water partition coefficient (Wildman–Crippen LogP) is 3.29. The van der Waals surface area contributed by atoms with Gasteiger partial charge in [0.05, 0.1) is 0 Å². The van der Waals surface area contributed by atoms with E-state index in [0.29, 0.717) is 12.5 Å². The Morgan fingerprint density at radius 2 is 2.11 bits per heavy atom. The molecule has 6 nitrogen and oxygen atoms in total. The third-order valence-corrected chi connectivity index (χ3v) is 6.16. The average Bonchev–Trinajstić information content (AvgIpc) is 3.25. The number of nitrogens with zero attached hydrogens (tertiary/aromatic N) is 3. The number of aryl methyl sites for hydroxylation is 2. The molecule has 4 rings (SSSR count). The highest BCUT2D eigenvalue weighted by molar-refractivity contribution is 5.94. The molecule has 1 aliphatic carbocycles. The van der Waals surface area contributed by atoms with E-state index in [4.69, 9.17) is 5.73 Å². The molecule has 0 radical (unpaired) electrons. The van der Waals surface area contributed by atoms with Gasteiger partial charge in [0, 0.05) is 30.1 Å². The maximum absolute atomic E-state index is 12.8. The molecule has 0 saturated heterocycles. The molecule has 1 fully saturated rings. The summed E-state index contributed by atoms with van der Waals surface area (Å²) in [6.45, 7) is 3.58. The summed E-state index contributed by atoms with van der Waals surface area (Å²) < 4.78 is 2.24. The first kappa shape index (κ1) is 18.2. The van der Waals surface area contributed by atoms with Crippen LogP contribution in [0.5, 0.6) is 0 Å². The van der Waals surface area contributed by atoms with Crippen molar-refractivity contribution in [3.05, 3.63) is 29.6 Å². The number of anilines is 1. The topological polar surface area (TPSA) is 85.8 Å². The zero-order valence-corrected chi connectivity index (χ0v) is 16.1. The molecule has 0 bridgehead atoms. The summed E-state index contributed by atoms with van der Waals surface area (Å²) in [5, 5.41) is 12.0. The minimum Gasteiger partial charge on any atom is -0.330 e. The van der Waals surface area contributed by atoms with Gasteiger partial charge in [0.15, 0.2) is 5.82 Å². The van der Waals surface area contributed by atoms with Crippen molar-refractivity contribution in [1.29, 1.82) is 0 Å². The highest BCUT2D eigenvalue weighted by atomic mass is 16.1. The molecule has 2 aliphatic rings. The van der Waals surface area contributed by atoms with Gasteiger partial charge < -0.3 is 15.6 Å². The van der Waals surface area contributed by atoms with Crippen molar-refractivity contribution < 1.29 is 4.79 Å². The van der Waals surface area contributed by atoms with Gasteiger partial charge in [-0.15, -0.1) is 10.2 Å². The largest absolute Gasteiger partial charge is 0.330 e. The predicted molar refractivity (Wildman–Crippen MR) is 106 cm³/mol. The average molecular weight is 367 g/mol. The van der Waals surface area contributed by atoms with E-state index in [1.807, 2.05) is 13.0 Å². The second kappa shape index (κ2) is 7.80. The second-order valence-electron chi connectivity index (χ2n) is 7.95. The number of amides is 1. The van der Waals surface area contributed by atoms with Crippen molar-refractivity contribution in [1.82, 2.24) is 14.8 Å². The molecule has 1 saturated carbocycles. The molecule has 2 aromatic rings. The van der Waals surface area contributed by atoms with Gasteiger partial charge in [-0.2, -0.15) is 0 Å². The van der Waals surface area contributed by atoms with Crippen molar-refractivity contribution in [3.63, 3.8) is 0 Å². The van der Waals surface area contributed by atoms with Gasteiger partial charge in [-0.1, -0.05) is 25.0 Å². The van der Waals surface area contributed by atoms with Gasteiger partial charge in [-0.05, 0) is 56.7 Å². The molecule has 1 aliphatic heterocycles. The molecule has 0 spiro atoms. The number of hydrogen-bond acceptors (Lipinski definition) is 4. The minimum absolute atomic E-state index is 0.0300. The van der Waals surface area contributed by atoms with Crippen LogP contribution >= 0.6 is 0 Å². The Hall–Kier alpha value is -2.21. The van der Waals surface area contributed by atoms with E-state index in [-0.39, 0.29) is 11.8 Å². The van der Waals surface area contributed by atoms with Crippen LogP contribution in [-0.4, -0.2) is 27.2 Å². The molecule has 1 aromatic carbocycles. The van der Waals surface area contributed by atoms with Crippen LogP contribution in [0.2, 0.25) is 0 Å². The zero-order chi connectivity index (χ0) is 18.8. The molecule has 1 amide bonds. The third-order valence-electron chi connectivity index (χ3n) is 6.16. The molecule has 6 heteroatoms. The van der Waals surface area contributed by atoms with Gasteiger partial charge >= 0.3 is 0 Å². The number of benzene rings is 1. The van der Waals surface area contributed by atoms with Crippen LogP contribution in [0.25, 0.3) is 11.4 Å². The quantitative estimate of drug-likeness (QED) is 0.868. The van der Waals surface area contributed by atoms with Crippen molar-refractivity contribution in [2.75, 3.05) is 11.9 Å². The molecule has 0 unspecified atom stereocenters. The van der Waals surface area contributed by atoms with E-state index >= 15 is 0 Å². The van der Waals surface area contributed by atoms with E-state index in [1.54, 1.807) is 0 Å². The van der Waals surface area contributed by atoms with Crippen LogP contribution in [0, 0.1) is 18.8 Å². The molecule has 144 valence electrons. The van der Waals surface area contributed by atoms with Crippen molar-refractivity contribution >= 4 is 11.6 Å². The van der Waals surface area contributed by atoms with Crippen molar-refractivity contribution in [3.8, 4) is 11.4 Å². The van der Waals surface area contributed by atoms with E-state index in [9.17, 15) is 4.79 Å². The number of hydrogen-bond donors (Lipinski definition) is 2. The van der Waals surface area contributed by atoms with Crippen LogP contribution in [-0.2, 0) is 17.8 Å². The molecule has 1 aromatic heterocycles. The Balaban J connectivity index is 1.59. The maximum Gasteiger partial charge on any atom is 0.227 e. The van der Waals surface area contributed by atoms with Gasteiger partial charge in [0.25, 0.3) is 0 Å². The number of carbonyl (C=O) groups is 1.